The Morgan fingerprint density at radius 2 is 2.04 bits per heavy atom. The number of nitrogens with one attached hydrogen (secondary N) is 1. The minimum absolute atomic E-state index is 0.0344. The fourth-order valence-electron chi connectivity index (χ4n) is 2.24. The number of hydrogen-bond donors (Lipinski definition) is 2. The summed E-state index contributed by atoms with van der Waals surface area (Å²) in [5.41, 5.74) is 7.17. The lowest BCUT2D eigenvalue weighted by atomic mass is 10.1. The Morgan fingerprint density at radius 1 is 1.35 bits per heavy atom. The monoisotopic (exact) mass is 393 g/mol. The number of aromatic nitrogens is 1. The summed E-state index contributed by atoms with van der Waals surface area (Å²) in [6, 6.07) is 7.79. The lowest BCUT2D eigenvalue weighted by Crippen LogP contribution is -2.32. The average Bonchev–Trinajstić information content (AvgIpc) is 2.93. The predicted octanol–water partition coefficient (Wildman–Crippen LogP) is 2.33. The molecule has 0 radical (unpaired) electrons. The molecule has 2 aromatic rings. The largest absolute Gasteiger partial charge is 0.497 e. The maximum Gasteiger partial charge on any atom is 0.233 e. The molecule has 1 aromatic heterocycles. The molecule has 140 valence electrons. The summed E-state index contributed by atoms with van der Waals surface area (Å²) in [6.45, 7) is 4.26. The Labute approximate surface area is 161 Å². The third-order valence-corrected chi connectivity index (χ3v) is 6.08. The number of thioether (sulfide) groups is 1. The molecular formula is C18H23N3O3S2. The molecule has 0 saturated carbocycles. The Hall–Kier alpha value is -2.06. The molecule has 2 amide bonds. The topological polar surface area (TPSA) is 94.3 Å². The van der Waals surface area contributed by atoms with E-state index in [1.807, 2.05) is 38.1 Å². The van der Waals surface area contributed by atoms with E-state index in [0.717, 1.165) is 32.6 Å². The van der Waals surface area contributed by atoms with Crippen molar-refractivity contribution in [2.45, 2.75) is 36.3 Å². The first-order valence-electron chi connectivity index (χ1n) is 8.21. The Kier molecular flexibility index (Phi) is 7.47. The van der Waals surface area contributed by atoms with E-state index >= 15 is 0 Å². The molecule has 0 bridgehead atoms. The van der Waals surface area contributed by atoms with Gasteiger partial charge in [0, 0.05) is 11.4 Å². The second-order valence-corrected chi connectivity index (χ2v) is 8.45. The van der Waals surface area contributed by atoms with Crippen molar-refractivity contribution in [1.29, 1.82) is 0 Å². The van der Waals surface area contributed by atoms with Gasteiger partial charge in [-0.1, -0.05) is 23.9 Å². The van der Waals surface area contributed by atoms with Gasteiger partial charge in [-0.3, -0.25) is 9.59 Å². The van der Waals surface area contributed by atoms with Gasteiger partial charge in [-0.15, -0.1) is 11.3 Å². The number of thiazole rings is 1. The summed E-state index contributed by atoms with van der Waals surface area (Å²) in [6.07, 6.45) is 0.943. The first-order chi connectivity index (χ1) is 12.4. The van der Waals surface area contributed by atoms with Crippen molar-refractivity contribution in [2.75, 3.05) is 13.7 Å². The van der Waals surface area contributed by atoms with Crippen LogP contribution in [0.25, 0.3) is 0 Å². The SMILES string of the molecule is COc1ccc(CCNC(=O)C(C)Sc2nc(C)c(CC(N)=O)s2)cc1. The van der Waals surface area contributed by atoms with Gasteiger partial charge in [-0.2, -0.15) is 0 Å². The van der Waals surface area contributed by atoms with E-state index < -0.39 is 0 Å². The van der Waals surface area contributed by atoms with Crippen molar-refractivity contribution in [2.24, 2.45) is 5.73 Å². The van der Waals surface area contributed by atoms with Crippen molar-refractivity contribution in [3.05, 3.63) is 40.4 Å². The van der Waals surface area contributed by atoms with Crippen molar-refractivity contribution in [3.63, 3.8) is 0 Å². The number of rotatable bonds is 9. The van der Waals surface area contributed by atoms with Crippen LogP contribution in [0.15, 0.2) is 28.6 Å². The molecule has 0 spiro atoms. The third kappa shape index (κ3) is 6.03. The standard InChI is InChI=1S/C18H23N3O3S2/c1-11-15(10-16(19)22)26-18(21-11)25-12(2)17(23)20-9-8-13-4-6-14(24-3)7-5-13/h4-7,12H,8-10H2,1-3H3,(H2,19,22)(H,20,23). The van der Waals surface area contributed by atoms with Crippen LogP contribution in [-0.4, -0.2) is 35.7 Å². The molecular weight excluding hydrogens is 370 g/mol. The number of methoxy groups -OCH3 is 1. The number of carbonyl (C=O) groups excluding carboxylic acids is 2. The normalized spacial score (nSPS) is 11.8. The third-order valence-electron chi connectivity index (χ3n) is 3.73. The zero-order valence-electron chi connectivity index (χ0n) is 15.1. The summed E-state index contributed by atoms with van der Waals surface area (Å²) in [5, 5.41) is 2.68. The van der Waals surface area contributed by atoms with Crippen LogP contribution in [0.4, 0.5) is 0 Å². The highest BCUT2D eigenvalue weighted by Gasteiger charge is 2.18. The van der Waals surface area contributed by atoms with Crippen molar-refractivity contribution >= 4 is 34.9 Å². The number of amides is 2. The molecule has 3 N–H and O–H groups in total. The number of nitrogens with two attached hydrogens (primary N) is 1. The fourth-order valence-corrected chi connectivity index (χ4v) is 4.66. The predicted molar refractivity (Wildman–Crippen MR) is 105 cm³/mol. The van der Waals surface area contributed by atoms with Crippen LogP contribution >= 0.6 is 23.1 Å². The van der Waals surface area contributed by atoms with Crippen LogP contribution in [0.1, 0.15) is 23.1 Å². The Morgan fingerprint density at radius 3 is 2.65 bits per heavy atom. The number of benzene rings is 1. The molecule has 2 rings (SSSR count). The highest BCUT2D eigenvalue weighted by molar-refractivity contribution is 8.02. The van der Waals surface area contributed by atoms with Crippen molar-refractivity contribution in [3.8, 4) is 5.75 Å². The van der Waals surface area contributed by atoms with Gasteiger partial charge >= 0.3 is 0 Å². The fraction of sp³-hybridized carbons (Fsp3) is 0.389. The molecule has 0 saturated heterocycles. The minimum atomic E-state index is -0.377. The molecule has 6 nitrogen and oxygen atoms in total. The quantitative estimate of drug-likeness (QED) is 0.638. The highest BCUT2D eigenvalue weighted by Crippen LogP contribution is 2.30. The molecule has 0 aliphatic rings. The van der Waals surface area contributed by atoms with Crippen LogP contribution < -0.4 is 15.8 Å². The first kappa shape index (κ1) is 20.3. The highest BCUT2D eigenvalue weighted by atomic mass is 32.2. The molecule has 26 heavy (non-hydrogen) atoms. The summed E-state index contributed by atoms with van der Waals surface area (Å²) in [4.78, 5) is 28.6. The minimum Gasteiger partial charge on any atom is -0.497 e. The smallest absolute Gasteiger partial charge is 0.233 e. The number of hydrogen-bond acceptors (Lipinski definition) is 6. The summed E-state index contributed by atoms with van der Waals surface area (Å²) in [7, 11) is 1.63. The van der Waals surface area contributed by atoms with Gasteiger partial charge in [-0.25, -0.2) is 4.98 Å². The number of aryl methyl sites for hydroxylation is 1. The van der Waals surface area contributed by atoms with Crippen molar-refractivity contribution < 1.29 is 14.3 Å². The maximum absolute atomic E-state index is 12.3. The van der Waals surface area contributed by atoms with E-state index in [1.54, 1.807) is 7.11 Å². The second-order valence-electron chi connectivity index (χ2n) is 5.78. The number of carbonyl (C=O) groups is 2. The van der Waals surface area contributed by atoms with Gasteiger partial charge in [0.05, 0.1) is 24.5 Å². The molecule has 0 aliphatic heterocycles. The zero-order valence-corrected chi connectivity index (χ0v) is 16.7. The average molecular weight is 394 g/mol. The van der Waals surface area contributed by atoms with E-state index in [-0.39, 0.29) is 23.5 Å². The van der Waals surface area contributed by atoms with Gasteiger partial charge < -0.3 is 15.8 Å². The molecule has 0 fully saturated rings. The number of ether oxygens (including phenoxy) is 1. The second kappa shape index (κ2) is 9.59. The lowest BCUT2D eigenvalue weighted by molar-refractivity contribution is -0.120. The van der Waals surface area contributed by atoms with Gasteiger partial charge in [0.1, 0.15) is 5.75 Å². The molecule has 8 heteroatoms. The van der Waals surface area contributed by atoms with Crippen molar-refractivity contribution in [1.82, 2.24) is 10.3 Å². The van der Waals surface area contributed by atoms with Crippen LogP contribution in [0, 0.1) is 6.92 Å². The van der Waals surface area contributed by atoms with Gasteiger partial charge in [-0.05, 0) is 38.0 Å². The van der Waals surface area contributed by atoms with E-state index in [1.165, 1.54) is 23.1 Å². The van der Waals surface area contributed by atoms with Crippen LogP contribution in [0.3, 0.4) is 0 Å². The van der Waals surface area contributed by atoms with E-state index in [9.17, 15) is 9.59 Å². The lowest BCUT2D eigenvalue weighted by Gasteiger charge is -2.10. The van der Waals surface area contributed by atoms with Gasteiger partial charge in [0.25, 0.3) is 0 Å². The summed E-state index contributed by atoms with van der Waals surface area (Å²) in [5.74, 6) is 0.405. The zero-order chi connectivity index (χ0) is 19.1. The van der Waals surface area contributed by atoms with Crippen LogP contribution in [0.5, 0.6) is 5.75 Å². The summed E-state index contributed by atoms with van der Waals surface area (Å²) >= 11 is 2.81. The maximum atomic E-state index is 12.3. The molecule has 0 aliphatic carbocycles. The number of nitrogens with zero attached hydrogens (tertiary/aromatic N) is 1. The van der Waals surface area contributed by atoms with E-state index in [2.05, 4.69) is 10.3 Å². The number of primary amides is 1. The van der Waals surface area contributed by atoms with E-state index in [0.29, 0.717) is 6.54 Å². The van der Waals surface area contributed by atoms with Gasteiger partial charge in [0.15, 0.2) is 4.34 Å². The van der Waals surface area contributed by atoms with Crippen LogP contribution in [0.2, 0.25) is 0 Å². The molecule has 1 atom stereocenters. The molecule has 1 heterocycles. The summed E-state index contributed by atoms with van der Waals surface area (Å²) < 4.78 is 5.90. The van der Waals surface area contributed by atoms with Crippen LogP contribution in [-0.2, 0) is 22.4 Å². The van der Waals surface area contributed by atoms with E-state index in [4.69, 9.17) is 10.5 Å². The first-order valence-corrected chi connectivity index (χ1v) is 9.90. The molecule has 1 aromatic carbocycles. The Bertz CT molecular complexity index is 760. The molecule has 1 unspecified atom stereocenters. The van der Waals surface area contributed by atoms with Gasteiger partial charge in [0.2, 0.25) is 11.8 Å². The Balaban J connectivity index is 1.80.